The highest BCUT2D eigenvalue weighted by atomic mass is 15.4. The number of hydrogen-bond acceptors (Lipinski definition) is 3. The largest absolute Gasteiger partial charge is 0.356 e. The molecular weight excluding hydrogens is 224 g/mol. The number of nitrogens with zero attached hydrogens (tertiary/aromatic N) is 4. The predicted molar refractivity (Wildman–Crippen MR) is 72.5 cm³/mol. The molecule has 1 fully saturated rings. The first-order valence-corrected chi connectivity index (χ1v) is 6.71. The lowest BCUT2D eigenvalue weighted by Crippen LogP contribution is -2.36. The van der Waals surface area contributed by atoms with Crippen LogP contribution in [0.2, 0.25) is 0 Å². The molecule has 1 aliphatic rings. The van der Waals surface area contributed by atoms with Crippen LogP contribution in [0.3, 0.4) is 0 Å². The summed E-state index contributed by atoms with van der Waals surface area (Å²) in [6, 6.07) is 2.83. The summed E-state index contributed by atoms with van der Waals surface area (Å²) in [4.78, 5) is 2.25. The van der Waals surface area contributed by atoms with Gasteiger partial charge in [-0.25, -0.2) is 0 Å². The molecule has 0 unspecified atom stereocenters. The molecule has 18 heavy (non-hydrogen) atoms. The molecule has 0 amide bonds. The molecule has 0 aliphatic heterocycles. The number of rotatable bonds is 2. The Hall–Kier alpha value is -1.50. The van der Waals surface area contributed by atoms with Gasteiger partial charge in [-0.05, 0) is 38.5 Å². The molecule has 98 valence electrons. The second-order valence-electron chi connectivity index (χ2n) is 5.54. The molecule has 0 spiro atoms. The van der Waals surface area contributed by atoms with E-state index in [9.17, 15) is 5.26 Å². The molecule has 4 heteroatoms. The van der Waals surface area contributed by atoms with Gasteiger partial charge in [-0.2, -0.15) is 10.4 Å². The van der Waals surface area contributed by atoms with E-state index in [1.807, 2.05) is 18.7 Å². The fraction of sp³-hybridized carbons (Fsp3) is 0.714. The van der Waals surface area contributed by atoms with E-state index in [0.29, 0.717) is 6.04 Å². The van der Waals surface area contributed by atoms with E-state index in [1.165, 1.54) is 25.7 Å². The molecule has 1 heterocycles. The van der Waals surface area contributed by atoms with Gasteiger partial charge >= 0.3 is 0 Å². The second kappa shape index (κ2) is 5.01. The third-order valence-electron chi connectivity index (χ3n) is 4.17. The zero-order valence-electron chi connectivity index (χ0n) is 11.8. The van der Waals surface area contributed by atoms with E-state index >= 15 is 0 Å². The Morgan fingerprint density at radius 3 is 2.50 bits per heavy atom. The smallest absolute Gasteiger partial charge is 0.144 e. The molecule has 0 aromatic carbocycles. The lowest BCUT2D eigenvalue weighted by molar-refractivity contribution is 0.338. The quantitative estimate of drug-likeness (QED) is 0.805. The first kappa shape index (κ1) is 12.9. The van der Waals surface area contributed by atoms with Gasteiger partial charge in [-0.3, -0.25) is 4.68 Å². The van der Waals surface area contributed by atoms with Crippen molar-refractivity contribution >= 4 is 5.82 Å². The third kappa shape index (κ3) is 2.22. The van der Waals surface area contributed by atoms with E-state index in [2.05, 4.69) is 30.0 Å². The van der Waals surface area contributed by atoms with Crippen molar-refractivity contribution < 1.29 is 0 Å². The Morgan fingerprint density at radius 1 is 1.33 bits per heavy atom. The summed E-state index contributed by atoms with van der Waals surface area (Å²) in [6.07, 6.45) is 5.00. The Morgan fingerprint density at radius 2 is 1.94 bits per heavy atom. The van der Waals surface area contributed by atoms with Crippen LogP contribution in [0, 0.1) is 24.2 Å². The van der Waals surface area contributed by atoms with Gasteiger partial charge < -0.3 is 4.90 Å². The number of hydrogen-bond donors (Lipinski definition) is 0. The molecule has 1 aromatic heterocycles. The van der Waals surface area contributed by atoms with E-state index in [-0.39, 0.29) is 0 Å². The van der Waals surface area contributed by atoms with Crippen molar-refractivity contribution in [2.75, 3.05) is 11.9 Å². The highest BCUT2D eigenvalue weighted by Crippen LogP contribution is 2.31. The summed E-state index contributed by atoms with van der Waals surface area (Å²) in [7, 11) is 4.02. The number of anilines is 1. The standard InChI is InChI=1S/C14H22N4/c1-10-5-7-12(8-6-10)17(3)14-13(9-15)11(2)16-18(14)4/h10,12H,5-8H2,1-4H3. The molecule has 1 aliphatic carbocycles. The molecule has 0 saturated heterocycles. The van der Waals surface area contributed by atoms with Gasteiger partial charge in [0.05, 0.1) is 5.69 Å². The summed E-state index contributed by atoms with van der Waals surface area (Å²) in [5.41, 5.74) is 1.55. The van der Waals surface area contributed by atoms with Crippen LogP contribution in [-0.2, 0) is 7.05 Å². The van der Waals surface area contributed by atoms with Gasteiger partial charge in [0.1, 0.15) is 17.5 Å². The monoisotopic (exact) mass is 246 g/mol. The van der Waals surface area contributed by atoms with Gasteiger partial charge in [0.15, 0.2) is 0 Å². The van der Waals surface area contributed by atoms with E-state index in [1.54, 1.807) is 0 Å². The van der Waals surface area contributed by atoms with Crippen LogP contribution < -0.4 is 4.90 Å². The van der Waals surface area contributed by atoms with Crippen LogP contribution in [-0.4, -0.2) is 22.9 Å². The van der Waals surface area contributed by atoms with Crippen molar-refractivity contribution in [3.8, 4) is 6.07 Å². The van der Waals surface area contributed by atoms with Crippen molar-refractivity contribution in [1.82, 2.24) is 9.78 Å². The Bertz CT molecular complexity index is 461. The van der Waals surface area contributed by atoms with Crippen molar-refractivity contribution in [2.45, 2.75) is 45.6 Å². The molecule has 0 N–H and O–H groups in total. The average Bonchev–Trinajstić information content (AvgIpc) is 2.63. The minimum Gasteiger partial charge on any atom is -0.356 e. The fourth-order valence-corrected chi connectivity index (χ4v) is 2.98. The van der Waals surface area contributed by atoms with E-state index in [0.717, 1.165) is 23.0 Å². The molecule has 0 bridgehead atoms. The van der Waals surface area contributed by atoms with Crippen LogP contribution in [0.4, 0.5) is 5.82 Å². The Balaban J connectivity index is 2.24. The normalized spacial score (nSPS) is 23.7. The van der Waals surface area contributed by atoms with Gasteiger partial charge in [0.25, 0.3) is 0 Å². The van der Waals surface area contributed by atoms with Crippen molar-refractivity contribution in [1.29, 1.82) is 5.26 Å². The maximum absolute atomic E-state index is 9.27. The van der Waals surface area contributed by atoms with Crippen molar-refractivity contribution in [3.63, 3.8) is 0 Å². The van der Waals surface area contributed by atoms with E-state index in [4.69, 9.17) is 0 Å². The first-order chi connectivity index (χ1) is 8.54. The Kier molecular flexibility index (Phi) is 3.60. The molecule has 0 atom stereocenters. The molecule has 4 nitrogen and oxygen atoms in total. The highest BCUT2D eigenvalue weighted by Gasteiger charge is 2.26. The van der Waals surface area contributed by atoms with Crippen molar-refractivity contribution in [2.24, 2.45) is 13.0 Å². The summed E-state index contributed by atoms with van der Waals surface area (Å²) in [6.45, 7) is 4.23. The number of aromatic nitrogens is 2. The van der Waals surface area contributed by atoms with Crippen LogP contribution in [0.15, 0.2) is 0 Å². The van der Waals surface area contributed by atoms with Gasteiger partial charge in [0, 0.05) is 20.1 Å². The van der Waals surface area contributed by atoms with Crippen LogP contribution in [0.5, 0.6) is 0 Å². The first-order valence-electron chi connectivity index (χ1n) is 6.71. The maximum Gasteiger partial charge on any atom is 0.144 e. The predicted octanol–water partition coefficient (Wildman–Crippen LogP) is 2.62. The number of nitriles is 1. The minimum atomic E-state index is 0.545. The van der Waals surface area contributed by atoms with Gasteiger partial charge in [0.2, 0.25) is 0 Å². The lowest BCUT2D eigenvalue weighted by atomic mass is 9.86. The zero-order valence-corrected chi connectivity index (χ0v) is 11.8. The fourth-order valence-electron chi connectivity index (χ4n) is 2.98. The van der Waals surface area contributed by atoms with Crippen LogP contribution in [0.1, 0.15) is 43.9 Å². The maximum atomic E-state index is 9.27. The van der Waals surface area contributed by atoms with Crippen molar-refractivity contribution in [3.05, 3.63) is 11.3 Å². The SMILES string of the molecule is Cc1nn(C)c(N(C)C2CCC(C)CC2)c1C#N. The van der Waals surface area contributed by atoms with Gasteiger partial charge in [-0.1, -0.05) is 6.92 Å². The third-order valence-corrected chi connectivity index (χ3v) is 4.17. The molecule has 1 aromatic rings. The topological polar surface area (TPSA) is 44.9 Å². The Labute approximate surface area is 109 Å². The number of aryl methyl sites for hydroxylation is 2. The molecule has 0 radical (unpaired) electrons. The van der Waals surface area contributed by atoms with Gasteiger partial charge in [-0.15, -0.1) is 0 Å². The molecule has 1 saturated carbocycles. The summed E-state index contributed by atoms with van der Waals surface area (Å²) in [5, 5.41) is 13.6. The molecular formula is C14H22N4. The highest BCUT2D eigenvalue weighted by molar-refractivity contribution is 5.57. The van der Waals surface area contributed by atoms with Crippen LogP contribution in [0.25, 0.3) is 0 Å². The average molecular weight is 246 g/mol. The summed E-state index contributed by atoms with van der Waals surface area (Å²) in [5.74, 6) is 1.81. The minimum absolute atomic E-state index is 0.545. The second-order valence-corrected chi connectivity index (χ2v) is 5.54. The summed E-state index contributed by atoms with van der Waals surface area (Å²) < 4.78 is 1.84. The molecule has 2 rings (SSSR count). The zero-order chi connectivity index (χ0) is 13.3. The lowest BCUT2D eigenvalue weighted by Gasteiger charge is -2.34. The summed E-state index contributed by atoms with van der Waals surface area (Å²) >= 11 is 0. The van der Waals surface area contributed by atoms with Crippen LogP contribution >= 0.6 is 0 Å². The van der Waals surface area contributed by atoms with E-state index < -0.39 is 0 Å².